The molecule has 2 heterocycles. The predicted octanol–water partition coefficient (Wildman–Crippen LogP) is 3.25. The number of hydrogen-bond acceptors (Lipinski definition) is 4. The van der Waals surface area contributed by atoms with Crippen LogP contribution in [-0.2, 0) is 22.4 Å². The molecule has 1 N–H and O–H groups in total. The number of rotatable bonds is 6. The Labute approximate surface area is 182 Å². The van der Waals surface area contributed by atoms with Crippen molar-refractivity contribution in [2.24, 2.45) is 5.92 Å². The maximum Gasteiger partial charge on any atom is 0.226 e. The summed E-state index contributed by atoms with van der Waals surface area (Å²) in [7, 11) is 0. The molecule has 1 aliphatic heterocycles. The van der Waals surface area contributed by atoms with Gasteiger partial charge in [-0.25, -0.2) is 0 Å². The summed E-state index contributed by atoms with van der Waals surface area (Å²) in [6, 6.07) is 17.5. The summed E-state index contributed by atoms with van der Waals surface area (Å²) >= 11 is 0. The molecule has 2 aromatic carbocycles. The molecule has 7 nitrogen and oxygen atoms in total. The molecule has 1 saturated heterocycles. The number of aromatic nitrogens is 3. The van der Waals surface area contributed by atoms with Crippen LogP contribution in [0.25, 0.3) is 5.69 Å². The van der Waals surface area contributed by atoms with Gasteiger partial charge in [0.2, 0.25) is 11.8 Å². The Hall–Kier alpha value is -3.48. The van der Waals surface area contributed by atoms with Crippen LogP contribution in [0.15, 0.2) is 60.9 Å². The number of hydrogen-bond donors (Lipinski definition) is 1. The lowest BCUT2D eigenvalue weighted by atomic mass is 9.94. The maximum atomic E-state index is 12.9. The molecule has 1 fully saturated rings. The van der Waals surface area contributed by atoms with E-state index in [2.05, 4.69) is 15.5 Å². The normalized spacial score (nSPS) is 16.2. The smallest absolute Gasteiger partial charge is 0.226 e. The molecule has 1 aliphatic rings. The fraction of sp³-hybridized carbons (Fsp3) is 0.333. The highest BCUT2D eigenvalue weighted by Crippen LogP contribution is 2.22. The van der Waals surface area contributed by atoms with Gasteiger partial charge in [0.25, 0.3) is 0 Å². The number of piperidine rings is 1. The fourth-order valence-corrected chi connectivity index (χ4v) is 4.11. The van der Waals surface area contributed by atoms with Gasteiger partial charge in [-0.1, -0.05) is 30.3 Å². The van der Waals surface area contributed by atoms with Crippen molar-refractivity contribution in [2.45, 2.75) is 32.6 Å². The number of carbonyl (C=O) groups is 2. The summed E-state index contributed by atoms with van der Waals surface area (Å²) < 4.78 is 2.03. The first kappa shape index (κ1) is 20.8. The summed E-state index contributed by atoms with van der Waals surface area (Å²) in [6.45, 7) is 3.02. The average molecular weight is 418 g/mol. The highest BCUT2D eigenvalue weighted by Gasteiger charge is 2.25. The maximum absolute atomic E-state index is 12.9. The standard InChI is InChI=1S/C24H27N5O2/c1-18(30)26-21-11-9-19(10-12-21)15-24(31)28-13-5-6-20(16-28)14-23-27-25-17-29(23)22-7-3-2-4-8-22/h2-4,7-12,17,20H,5-6,13-16H2,1H3,(H,26,30). The minimum Gasteiger partial charge on any atom is -0.342 e. The van der Waals surface area contributed by atoms with Crippen LogP contribution in [0.5, 0.6) is 0 Å². The second-order valence-electron chi connectivity index (χ2n) is 8.06. The van der Waals surface area contributed by atoms with Crippen molar-refractivity contribution in [3.63, 3.8) is 0 Å². The Balaban J connectivity index is 1.36. The summed E-state index contributed by atoms with van der Waals surface area (Å²) in [5.74, 6) is 1.33. The molecule has 0 spiro atoms. The highest BCUT2D eigenvalue weighted by molar-refractivity contribution is 5.88. The average Bonchev–Trinajstić information content (AvgIpc) is 3.23. The van der Waals surface area contributed by atoms with Crippen LogP contribution < -0.4 is 5.32 Å². The Kier molecular flexibility index (Phi) is 6.40. The predicted molar refractivity (Wildman–Crippen MR) is 119 cm³/mol. The van der Waals surface area contributed by atoms with Crippen LogP contribution in [0.3, 0.4) is 0 Å². The monoisotopic (exact) mass is 417 g/mol. The van der Waals surface area contributed by atoms with E-state index in [1.54, 1.807) is 6.33 Å². The van der Waals surface area contributed by atoms with E-state index in [9.17, 15) is 9.59 Å². The van der Waals surface area contributed by atoms with Gasteiger partial charge in [-0.3, -0.25) is 14.2 Å². The van der Waals surface area contributed by atoms with Gasteiger partial charge < -0.3 is 10.2 Å². The summed E-state index contributed by atoms with van der Waals surface area (Å²) in [5.41, 5.74) is 2.74. The van der Waals surface area contributed by atoms with Crippen LogP contribution in [0.1, 0.15) is 31.2 Å². The van der Waals surface area contributed by atoms with E-state index in [0.717, 1.165) is 55.1 Å². The van der Waals surface area contributed by atoms with Gasteiger partial charge in [-0.05, 0) is 48.6 Å². The molecule has 4 rings (SSSR count). The molecule has 31 heavy (non-hydrogen) atoms. The number of para-hydroxylation sites is 1. The van der Waals surface area contributed by atoms with Crippen LogP contribution >= 0.6 is 0 Å². The van der Waals surface area contributed by atoms with E-state index in [0.29, 0.717) is 12.3 Å². The third-order valence-electron chi connectivity index (χ3n) is 5.63. The van der Waals surface area contributed by atoms with Gasteiger partial charge in [0.05, 0.1) is 6.42 Å². The minimum atomic E-state index is -0.105. The molecule has 1 aromatic heterocycles. The molecule has 160 valence electrons. The van der Waals surface area contributed by atoms with Crippen molar-refractivity contribution in [2.75, 3.05) is 18.4 Å². The van der Waals surface area contributed by atoms with E-state index in [4.69, 9.17) is 0 Å². The molecule has 7 heteroatoms. The Bertz CT molecular complexity index is 1030. The number of nitrogens with one attached hydrogen (secondary N) is 1. The molecule has 0 saturated carbocycles. The topological polar surface area (TPSA) is 80.1 Å². The second kappa shape index (κ2) is 9.55. The molecule has 0 aliphatic carbocycles. The summed E-state index contributed by atoms with van der Waals surface area (Å²) in [4.78, 5) is 26.0. The zero-order valence-electron chi connectivity index (χ0n) is 17.7. The van der Waals surface area contributed by atoms with Crippen LogP contribution in [0.4, 0.5) is 5.69 Å². The molecule has 3 aromatic rings. The summed E-state index contributed by atoms with van der Waals surface area (Å²) in [5, 5.41) is 11.2. The molecule has 0 bridgehead atoms. The van der Waals surface area contributed by atoms with E-state index in [-0.39, 0.29) is 11.8 Å². The Morgan fingerprint density at radius 3 is 2.61 bits per heavy atom. The first-order valence-electron chi connectivity index (χ1n) is 10.7. The highest BCUT2D eigenvalue weighted by atomic mass is 16.2. The van der Waals surface area contributed by atoms with E-state index >= 15 is 0 Å². The third kappa shape index (κ3) is 5.36. The number of amides is 2. The fourth-order valence-electron chi connectivity index (χ4n) is 4.11. The Morgan fingerprint density at radius 2 is 1.87 bits per heavy atom. The van der Waals surface area contributed by atoms with Crippen molar-refractivity contribution < 1.29 is 9.59 Å². The van der Waals surface area contributed by atoms with Crippen LogP contribution in [0.2, 0.25) is 0 Å². The van der Waals surface area contributed by atoms with Crippen molar-refractivity contribution >= 4 is 17.5 Å². The zero-order valence-corrected chi connectivity index (χ0v) is 17.7. The van der Waals surface area contributed by atoms with Crippen molar-refractivity contribution in [1.82, 2.24) is 19.7 Å². The van der Waals surface area contributed by atoms with Crippen molar-refractivity contribution in [1.29, 1.82) is 0 Å². The molecular weight excluding hydrogens is 390 g/mol. The van der Waals surface area contributed by atoms with Gasteiger partial charge in [0.1, 0.15) is 12.2 Å². The van der Waals surface area contributed by atoms with Gasteiger partial charge in [0, 0.05) is 37.8 Å². The molecule has 2 amide bonds. The molecule has 1 unspecified atom stereocenters. The Morgan fingerprint density at radius 1 is 1.10 bits per heavy atom. The van der Waals surface area contributed by atoms with Crippen molar-refractivity contribution in [3.05, 3.63) is 72.3 Å². The summed E-state index contributed by atoms with van der Waals surface area (Å²) in [6.07, 6.45) is 4.99. The molecular formula is C24H27N5O2. The van der Waals surface area contributed by atoms with Gasteiger partial charge in [0.15, 0.2) is 0 Å². The SMILES string of the molecule is CC(=O)Nc1ccc(CC(=O)N2CCCC(Cc3nncn3-c3ccccc3)C2)cc1. The van der Waals surface area contributed by atoms with Crippen LogP contribution in [-0.4, -0.2) is 44.6 Å². The first-order chi connectivity index (χ1) is 15.1. The van der Waals surface area contributed by atoms with E-state index < -0.39 is 0 Å². The number of benzene rings is 2. The zero-order chi connectivity index (χ0) is 21.6. The third-order valence-corrected chi connectivity index (χ3v) is 5.63. The largest absolute Gasteiger partial charge is 0.342 e. The number of nitrogens with zero attached hydrogens (tertiary/aromatic N) is 4. The lowest BCUT2D eigenvalue weighted by Gasteiger charge is -2.32. The van der Waals surface area contributed by atoms with E-state index in [1.807, 2.05) is 64.1 Å². The number of likely N-dealkylation sites (tertiary alicyclic amines) is 1. The quantitative estimate of drug-likeness (QED) is 0.668. The first-order valence-corrected chi connectivity index (χ1v) is 10.7. The van der Waals surface area contributed by atoms with Gasteiger partial charge in [-0.15, -0.1) is 10.2 Å². The molecule has 0 radical (unpaired) electrons. The molecule has 1 atom stereocenters. The van der Waals surface area contributed by atoms with Crippen LogP contribution in [0, 0.1) is 5.92 Å². The van der Waals surface area contributed by atoms with Gasteiger partial charge >= 0.3 is 0 Å². The lowest BCUT2D eigenvalue weighted by Crippen LogP contribution is -2.41. The van der Waals surface area contributed by atoms with Crippen molar-refractivity contribution in [3.8, 4) is 5.69 Å². The van der Waals surface area contributed by atoms with Gasteiger partial charge in [-0.2, -0.15) is 0 Å². The van der Waals surface area contributed by atoms with E-state index in [1.165, 1.54) is 6.92 Å². The minimum absolute atomic E-state index is 0.105. The number of anilines is 1. The second-order valence-corrected chi connectivity index (χ2v) is 8.06. The number of carbonyl (C=O) groups excluding carboxylic acids is 2. The lowest BCUT2D eigenvalue weighted by molar-refractivity contribution is -0.132.